The molecule has 0 aromatic carbocycles. The van der Waals surface area contributed by atoms with Crippen LogP contribution in [0.1, 0.15) is 134 Å². The van der Waals surface area contributed by atoms with E-state index in [0.29, 0.717) is 44.1 Å². The van der Waals surface area contributed by atoms with E-state index in [1.807, 2.05) is 27.7 Å². The molecule has 0 amide bonds. The predicted molar refractivity (Wildman–Crippen MR) is 312 cm³/mol. The molecule has 10 rings (SSSR count). The normalized spacial score (nSPS) is 52.4. The monoisotopic (exact) mass is 1320 g/mol. The van der Waals surface area contributed by atoms with Crippen LogP contribution in [0.15, 0.2) is 23.3 Å². The Hall–Kier alpha value is -2.99. The Morgan fingerprint density at radius 1 is 0.533 bits per heavy atom. The third-order valence-corrected chi connectivity index (χ3v) is 24.7. The number of aliphatic carboxylic acids is 1. The Morgan fingerprint density at radius 3 is 1.64 bits per heavy atom. The van der Waals surface area contributed by atoms with Crippen molar-refractivity contribution in [2.24, 2.45) is 50.2 Å². The minimum absolute atomic E-state index is 0.0674. The van der Waals surface area contributed by atoms with E-state index in [9.17, 15) is 85.9 Å². The molecule has 33 atom stereocenters. The topological polar surface area (TPSA) is 436 Å². The lowest BCUT2D eigenvalue weighted by atomic mass is 9.30. The fourth-order valence-electron chi connectivity index (χ4n) is 19.2. The largest absolute Gasteiger partial charge is 0.479 e. The molecule has 5 saturated heterocycles. The second-order valence-corrected chi connectivity index (χ2v) is 30.0. The van der Waals surface area contributed by atoms with Crippen LogP contribution in [0.4, 0.5) is 0 Å². The summed E-state index contributed by atoms with van der Waals surface area (Å²) < 4.78 is 69.2. The molecule has 28 heteroatoms. The number of allylic oxidation sites excluding steroid dienone is 2. The van der Waals surface area contributed by atoms with E-state index >= 15 is 0 Å². The lowest BCUT2D eigenvalue weighted by Crippen LogP contribution is -2.77. The number of aliphatic hydroxyl groups is 13. The Labute approximate surface area is 534 Å². The van der Waals surface area contributed by atoms with Crippen LogP contribution in [-0.4, -0.2) is 262 Å². The van der Waals surface area contributed by atoms with Crippen LogP contribution in [-0.2, 0) is 66.5 Å². The second-order valence-electron chi connectivity index (χ2n) is 30.0. The number of aliphatic hydroxyl groups excluding tert-OH is 13. The molecular weight excluding hydrogens is 1220 g/mol. The minimum atomic E-state index is -2.30. The summed E-state index contributed by atoms with van der Waals surface area (Å²) in [4.78, 5) is 41.0. The summed E-state index contributed by atoms with van der Waals surface area (Å²) in [6.07, 6.45) is -37.9. The molecule has 5 aliphatic carbocycles. The summed E-state index contributed by atoms with van der Waals surface area (Å²) in [6, 6.07) is 0. The third-order valence-electron chi connectivity index (χ3n) is 24.7. The SMILES string of the molecule is C/C=C(/C)C(=O)O[C@H]1[C@H](OC(=O)/C(C)=C\C)C23C(O)CC4(C)[C@@](CCC5[C@@]6(C)CC[C@H](O[C@@H]7O[C@H](C(=O)O)[C@@H](O)[C@H](O[C@@H]8O[C@H](CO)[C@H](O)[C@H](O)[C@H]8O[C@@H]8O[C@H](C)[C@@H](O)[C@@H](O)[C@H]8O)[C@H]7O[C@@H]7O[C@H](CO)[C@H](O)[C@H](O)[C@H]7O)C(C)(C)C6CC[C@]54C)(OC2O)C3CC1(C)C. The first-order chi connectivity index (χ1) is 42.9. The van der Waals surface area contributed by atoms with Crippen LogP contribution < -0.4 is 0 Å². The number of carbonyl (C=O) groups is 3. The van der Waals surface area contributed by atoms with Gasteiger partial charge >= 0.3 is 17.9 Å². The van der Waals surface area contributed by atoms with Gasteiger partial charge in [-0.05, 0) is 114 Å². The highest BCUT2D eigenvalue weighted by atomic mass is 16.8. The van der Waals surface area contributed by atoms with Gasteiger partial charge in [0.1, 0.15) is 91.6 Å². The van der Waals surface area contributed by atoms with Crippen molar-refractivity contribution in [1.29, 1.82) is 0 Å². The van der Waals surface area contributed by atoms with Gasteiger partial charge in [-0.15, -0.1) is 0 Å². The van der Waals surface area contributed by atoms with Gasteiger partial charge in [0, 0.05) is 27.9 Å². The smallest absolute Gasteiger partial charge is 0.335 e. The summed E-state index contributed by atoms with van der Waals surface area (Å²) in [5, 5.41) is 158. The number of ether oxygens (including phenoxy) is 11. The number of carboxylic acid groups (broad SMARTS) is 1. The van der Waals surface area contributed by atoms with E-state index in [4.69, 9.17) is 52.1 Å². The summed E-state index contributed by atoms with van der Waals surface area (Å²) in [5.74, 6) is -3.89. The molecule has 7 unspecified atom stereocenters. The molecule has 0 radical (unpaired) electrons. The average Bonchev–Trinajstić information content (AvgIpc) is 1.37. The van der Waals surface area contributed by atoms with Crippen molar-refractivity contribution in [2.75, 3.05) is 13.2 Å². The van der Waals surface area contributed by atoms with Crippen molar-refractivity contribution in [3.8, 4) is 0 Å². The van der Waals surface area contributed by atoms with Gasteiger partial charge in [-0.2, -0.15) is 0 Å². The van der Waals surface area contributed by atoms with Gasteiger partial charge in [0.05, 0.1) is 42.5 Å². The molecule has 92 heavy (non-hydrogen) atoms. The maximum atomic E-state index is 14.0. The lowest BCUT2D eigenvalue weighted by Gasteiger charge is -2.75. The van der Waals surface area contributed by atoms with Crippen LogP contribution in [0.3, 0.4) is 0 Å². The molecule has 0 aromatic heterocycles. The lowest BCUT2D eigenvalue weighted by molar-refractivity contribution is -0.406. The summed E-state index contributed by atoms with van der Waals surface area (Å²) in [6.45, 7) is 20.7. The Bertz CT molecular complexity index is 2760. The zero-order chi connectivity index (χ0) is 67.8. The third kappa shape index (κ3) is 11.0. The number of fused-ring (bicyclic) bond motifs is 4. The van der Waals surface area contributed by atoms with Gasteiger partial charge in [0.2, 0.25) is 0 Å². The van der Waals surface area contributed by atoms with Gasteiger partial charge in [-0.1, -0.05) is 60.6 Å². The molecule has 5 heterocycles. The number of carboxylic acids is 1. The van der Waals surface area contributed by atoms with Gasteiger partial charge in [0.25, 0.3) is 0 Å². The van der Waals surface area contributed by atoms with E-state index in [-0.39, 0.29) is 30.3 Å². The van der Waals surface area contributed by atoms with Crippen molar-refractivity contribution in [3.63, 3.8) is 0 Å². The summed E-state index contributed by atoms with van der Waals surface area (Å²) >= 11 is 0. The number of esters is 2. The Balaban J connectivity index is 0.976. The van der Waals surface area contributed by atoms with Gasteiger partial charge in [-0.3, -0.25) is 0 Å². The zero-order valence-electron chi connectivity index (χ0n) is 54.4. The number of hydrogen-bond acceptors (Lipinski definition) is 27. The molecule has 524 valence electrons. The van der Waals surface area contributed by atoms with Gasteiger partial charge in [-0.25, -0.2) is 14.4 Å². The maximum absolute atomic E-state index is 14.0. The van der Waals surface area contributed by atoms with E-state index in [2.05, 4.69) is 20.8 Å². The number of rotatable bonds is 15. The first-order valence-corrected chi connectivity index (χ1v) is 32.5. The van der Waals surface area contributed by atoms with E-state index in [1.165, 1.54) is 6.92 Å². The molecule has 1 spiro atoms. The zero-order valence-corrected chi connectivity index (χ0v) is 54.4. The van der Waals surface area contributed by atoms with Crippen LogP contribution in [0.25, 0.3) is 0 Å². The average molecular weight is 1320 g/mol. The van der Waals surface area contributed by atoms with Crippen molar-refractivity contribution >= 4 is 17.9 Å². The maximum Gasteiger partial charge on any atom is 0.335 e. The van der Waals surface area contributed by atoms with Crippen LogP contribution in [0.5, 0.6) is 0 Å². The standard InChI is InChI=1S/C64H100O28/c1-13-25(3)51(79)90-48-49(91-52(80)26(4)14-2)64-32(21-58(48,6)7)63(92-57(64)81)20-16-31-60(10)18-17-34(59(8,9)30(60)15-19-61(31,11)62(63,12)22-33(64)67)85-56-47(89-54-42(75)39(72)36(69)28(23-65)83-54)44(43(76)45(87-56)50(77)78)86-55-46(40(73)37(70)29(24-66)84-55)88-53-41(74)38(71)35(68)27(5)82-53/h13-14,27-49,53-57,65-76,81H,15-24H2,1-12H3,(H,77,78)/b25-13-,26-14-/t27-,28-,29-,30?,31?,32?,33?,34+,35-,36+,37+,38-,39+,40+,41-,42-,43+,44+,45+,46-,47-,48+,49+,53+,54+,55+,56-,57?,60+,61-,62?,63+,64?/m1/s1. The van der Waals surface area contributed by atoms with Crippen molar-refractivity contribution < 1.29 is 138 Å². The van der Waals surface area contributed by atoms with Crippen molar-refractivity contribution in [3.05, 3.63) is 23.3 Å². The molecule has 0 aromatic rings. The first kappa shape index (κ1) is 71.8. The molecule has 14 N–H and O–H groups in total. The van der Waals surface area contributed by atoms with Gasteiger partial charge in [0.15, 0.2) is 43.7 Å². The molecule has 10 fully saturated rings. The van der Waals surface area contributed by atoms with E-state index < -0.39 is 229 Å². The fourth-order valence-corrected chi connectivity index (χ4v) is 19.2. The summed E-state index contributed by atoms with van der Waals surface area (Å²) in [5.41, 5.74) is -5.77. The van der Waals surface area contributed by atoms with Crippen molar-refractivity contribution in [2.45, 2.75) is 294 Å². The quantitative estimate of drug-likeness (QED) is 0.0535. The van der Waals surface area contributed by atoms with E-state index in [1.54, 1.807) is 39.8 Å². The fraction of sp³-hybridized carbons (Fsp3) is 0.891. The molecule has 5 aliphatic heterocycles. The highest BCUT2D eigenvalue weighted by Crippen LogP contribution is 2.82. The van der Waals surface area contributed by atoms with E-state index in [0.717, 1.165) is 0 Å². The number of carbonyl (C=O) groups excluding carboxylic acids is 2. The van der Waals surface area contributed by atoms with Crippen LogP contribution in [0.2, 0.25) is 0 Å². The highest BCUT2D eigenvalue weighted by Gasteiger charge is 2.86. The minimum Gasteiger partial charge on any atom is -0.479 e. The molecule has 2 bridgehead atoms. The molecular formula is C64H100O28. The number of hydrogen-bond donors (Lipinski definition) is 14. The first-order valence-electron chi connectivity index (χ1n) is 32.5. The predicted octanol–water partition coefficient (Wildman–Crippen LogP) is -0.937. The van der Waals surface area contributed by atoms with Crippen molar-refractivity contribution in [1.82, 2.24) is 0 Å². The van der Waals surface area contributed by atoms with Crippen LogP contribution >= 0.6 is 0 Å². The Morgan fingerprint density at radius 2 is 1.05 bits per heavy atom. The summed E-state index contributed by atoms with van der Waals surface area (Å²) in [7, 11) is 0. The molecule has 5 saturated carbocycles. The Kier molecular flexibility index (Phi) is 20.1. The van der Waals surface area contributed by atoms with Gasteiger partial charge < -0.3 is 124 Å². The van der Waals surface area contributed by atoms with Crippen LogP contribution in [0, 0.1) is 50.2 Å². The molecule has 10 aliphatic rings. The second kappa shape index (κ2) is 25.7. The molecule has 28 nitrogen and oxygen atoms in total. The highest BCUT2D eigenvalue weighted by molar-refractivity contribution is 5.89.